The summed E-state index contributed by atoms with van der Waals surface area (Å²) in [7, 11) is 0. The van der Waals surface area contributed by atoms with Crippen molar-refractivity contribution in [1.29, 1.82) is 0 Å². The van der Waals surface area contributed by atoms with Crippen molar-refractivity contribution < 1.29 is 14.6 Å². The lowest BCUT2D eigenvalue weighted by Crippen LogP contribution is -2.69. The molecular weight excluding hydrogens is 252 g/mol. The molecule has 2 fully saturated rings. The molecular formula is C17H24O3. The Kier molecular flexibility index (Phi) is 3.39. The van der Waals surface area contributed by atoms with Crippen LogP contribution >= 0.6 is 0 Å². The van der Waals surface area contributed by atoms with E-state index in [9.17, 15) is 5.11 Å². The van der Waals surface area contributed by atoms with E-state index in [1.165, 1.54) is 5.56 Å². The molecule has 1 saturated carbocycles. The molecule has 1 aromatic carbocycles. The minimum Gasteiger partial charge on any atom is -0.390 e. The number of benzene rings is 1. The third-order valence-electron chi connectivity index (χ3n) is 5.15. The zero-order chi connectivity index (χ0) is 14.4. The molecule has 1 heterocycles. The van der Waals surface area contributed by atoms with Gasteiger partial charge in [0.05, 0.1) is 31.0 Å². The van der Waals surface area contributed by atoms with Crippen LogP contribution in [0.4, 0.5) is 0 Å². The van der Waals surface area contributed by atoms with Crippen molar-refractivity contribution in [2.24, 2.45) is 11.3 Å². The third-order valence-corrected chi connectivity index (χ3v) is 5.15. The van der Waals surface area contributed by atoms with Crippen LogP contribution in [0.3, 0.4) is 0 Å². The van der Waals surface area contributed by atoms with Gasteiger partial charge in [-0.3, -0.25) is 0 Å². The van der Waals surface area contributed by atoms with E-state index in [4.69, 9.17) is 9.47 Å². The number of rotatable bonds is 3. The monoisotopic (exact) mass is 276 g/mol. The predicted molar refractivity (Wildman–Crippen MR) is 77.3 cm³/mol. The second-order valence-electron chi connectivity index (χ2n) is 6.95. The van der Waals surface area contributed by atoms with Gasteiger partial charge in [0.15, 0.2) is 0 Å². The number of aliphatic hydroxyl groups is 1. The van der Waals surface area contributed by atoms with Gasteiger partial charge in [-0.2, -0.15) is 0 Å². The van der Waals surface area contributed by atoms with Crippen LogP contribution < -0.4 is 0 Å². The Labute approximate surface area is 120 Å². The molecule has 3 nitrogen and oxygen atoms in total. The maximum atomic E-state index is 10.2. The predicted octanol–water partition coefficient (Wildman–Crippen LogP) is 2.77. The summed E-state index contributed by atoms with van der Waals surface area (Å²) in [5.74, 6) is 0.252. The fourth-order valence-electron chi connectivity index (χ4n) is 4.03. The molecule has 0 radical (unpaired) electrons. The summed E-state index contributed by atoms with van der Waals surface area (Å²) in [6, 6.07) is 10.2. The second kappa shape index (κ2) is 4.83. The van der Waals surface area contributed by atoms with Crippen molar-refractivity contribution in [3.05, 3.63) is 35.9 Å². The van der Waals surface area contributed by atoms with Crippen molar-refractivity contribution in [2.45, 2.75) is 51.6 Å². The van der Waals surface area contributed by atoms with Gasteiger partial charge in [-0.15, -0.1) is 0 Å². The molecule has 20 heavy (non-hydrogen) atoms. The first-order valence-corrected chi connectivity index (χ1v) is 7.41. The second-order valence-corrected chi connectivity index (χ2v) is 6.95. The van der Waals surface area contributed by atoms with Crippen LogP contribution in [0.1, 0.15) is 32.8 Å². The quantitative estimate of drug-likeness (QED) is 0.922. The molecule has 2 aliphatic rings. The molecule has 3 rings (SSSR count). The lowest BCUT2D eigenvalue weighted by molar-refractivity contribution is -0.299. The molecule has 0 unspecified atom stereocenters. The highest BCUT2D eigenvalue weighted by Gasteiger charge is 2.63. The van der Waals surface area contributed by atoms with Crippen molar-refractivity contribution >= 4 is 0 Å². The standard InChI is InChI=1S/C17H24O3/c1-16(2)15-13(9-17(15,3)14(18)11-20-16)19-10-12-7-5-4-6-8-12/h4-8,13-15,18H,9-11H2,1-3H3/t13-,14+,15-,17+/m0/s1. The van der Waals surface area contributed by atoms with Gasteiger partial charge in [0.1, 0.15) is 0 Å². The normalized spacial score (nSPS) is 38.9. The highest BCUT2D eigenvalue weighted by molar-refractivity contribution is 5.15. The molecule has 1 saturated heterocycles. The van der Waals surface area contributed by atoms with Crippen molar-refractivity contribution in [3.63, 3.8) is 0 Å². The van der Waals surface area contributed by atoms with Gasteiger partial charge in [0.2, 0.25) is 0 Å². The first-order chi connectivity index (χ1) is 9.43. The largest absolute Gasteiger partial charge is 0.390 e. The van der Waals surface area contributed by atoms with Gasteiger partial charge in [0.25, 0.3) is 0 Å². The molecule has 0 amide bonds. The molecule has 3 heteroatoms. The molecule has 110 valence electrons. The molecule has 4 atom stereocenters. The summed E-state index contributed by atoms with van der Waals surface area (Å²) < 4.78 is 11.9. The molecule has 0 aromatic heterocycles. The number of ether oxygens (including phenoxy) is 2. The van der Waals surface area contributed by atoms with Crippen LogP contribution in [-0.2, 0) is 16.1 Å². The van der Waals surface area contributed by atoms with E-state index < -0.39 is 0 Å². The van der Waals surface area contributed by atoms with Crippen LogP contribution in [0.5, 0.6) is 0 Å². The first kappa shape index (κ1) is 14.1. The van der Waals surface area contributed by atoms with E-state index in [2.05, 4.69) is 32.9 Å². The summed E-state index contributed by atoms with van der Waals surface area (Å²) in [4.78, 5) is 0. The average Bonchev–Trinajstić information content (AvgIpc) is 2.39. The summed E-state index contributed by atoms with van der Waals surface area (Å²) >= 11 is 0. The van der Waals surface area contributed by atoms with E-state index in [1.54, 1.807) is 0 Å². The molecule has 0 spiro atoms. The van der Waals surface area contributed by atoms with Crippen molar-refractivity contribution in [1.82, 2.24) is 0 Å². The minimum atomic E-state index is -0.378. The number of hydrogen-bond donors (Lipinski definition) is 1. The summed E-state index contributed by atoms with van der Waals surface area (Å²) in [5.41, 5.74) is 0.896. The van der Waals surface area contributed by atoms with Crippen molar-refractivity contribution in [2.75, 3.05) is 6.61 Å². The van der Waals surface area contributed by atoms with Crippen LogP contribution in [-0.4, -0.2) is 29.5 Å². The maximum Gasteiger partial charge on any atom is 0.0833 e. The Hall–Kier alpha value is -0.900. The Morgan fingerprint density at radius 1 is 1.25 bits per heavy atom. The smallest absolute Gasteiger partial charge is 0.0833 e. The lowest BCUT2D eigenvalue weighted by Gasteiger charge is -2.63. The van der Waals surface area contributed by atoms with E-state index >= 15 is 0 Å². The summed E-state index contributed by atoms with van der Waals surface area (Å²) in [6.45, 7) is 7.45. The zero-order valence-electron chi connectivity index (χ0n) is 12.5. The Bertz CT molecular complexity index is 470. The Morgan fingerprint density at radius 2 is 1.95 bits per heavy atom. The van der Waals surface area contributed by atoms with Gasteiger partial charge < -0.3 is 14.6 Å². The van der Waals surface area contributed by atoms with Gasteiger partial charge in [-0.05, 0) is 25.8 Å². The number of fused-ring (bicyclic) bond motifs is 1. The van der Waals surface area contributed by atoms with E-state index in [0.717, 1.165) is 6.42 Å². The maximum absolute atomic E-state index is 10.2. The van der Waals surface area contributed by atoms with Crippen LogP contribution in [0.25, 0.3) is 0 Å². The van der Waals surface area contributed by atoms with Crippen LogP contribution in [0.15, 0.2) is 30.3 Å². The minimum absolute atomic E-state index is 0.0664. The molecule has 0 bridgehead atoms. The zero-order valence-corrected chi connectivity index (χ0v) is 12.5. The highest BCUT2D eigenvalue weighted by atomic mass is 16.5. The number of aliphatic hydroxyl groups excluding tert-OH is 1. The Balaban J connectivity index is 1.68. The van der Waals surface area contributed by atoms with Gasteiger partial charge in [0, 0.05) is 11.3 Å². The fraction of sp³-hybridized carbons (Fsp3) is 0.647. The van der Waals surface area contributed by atoms with E-state index in [-0.39, 0.29) is 29.1 Å². The van der Waals surface area contributed by atoms with E-state index in [1.807, 2.05) is 18.2 Å². The molecule has 1 aliphatic carbocycles. The highest BCUT2D eigenvalue weighted by Crippen LogP contribution is 2.58. The summed E-state index contributed by atoms with van der Waals surface area (Å²) in [6.07, 6.45) is 0.709. The molecule has 1 N–H and O–H groups in total. The van der Waals surface area contributed by atoms with Crippen molar-refractivity contribution in [3.8, 4) is 0 Å². The van der Waals surface area contributed by atoms with Crippen LogP contribution in [0.2, 0.25) is 0 Å². The molecule has 1 aromatic rings. The fourth-order valence-corrected chi connectivity index (χ4v) is 4.03. The average molecular weight is 276 g/mol. The summed E-state index contributed by atoms with van der Waals surface area (Å²) in [5, 5.41) is 10.2. The third kappa shape index (κ3) is 2.18. The SMILES string of the molecule is CC1(C)OC[C@@H](O)[C@@]2(C)C[C@H](OCc3ccccc3)[C@@H]12. The van der Waals surface area contributed by atoms with Gasteiger partial charge in [-0.25, -0.2) is 0 Å². The van der Waals surface area contributed by atoms with E-state index in [0.29, 0.717) is 13.2 Å². The Morgan fingerprint density at radius 3 is 2.65 bits per heavy atom. The topological polar surface area (TPSA) is 38.7 Å². The van der Waals surface area contributed by atoms with Crippen LogP contribution in [0, 0.1) is 11.3 Å². The number of hydrogen-bond acceptors (Lipinski definition) is 3. The van der Waals surface area contributed by atoms with Gasteiger partial charge >= 0.3 is 0 Å². The van der Waals surface area contributed by atoms with Gasteiger partial charge in [-0.1, -0.05) is 37.3 Å². The molecule has 1 aliphatic heterocycles. The first-order valence-electron chi connectivity index (χ1n) is 7.41. The lowest BCUT2D eigenvalue weighted by atomic mass is 9.50.